The molecule has 0 saturated heterocycles. The van der Waals surface area contributed by atoms with Gasteiger partial charge in [-0.05, 0) is 24.6 Å². The Morgan fingerprint density at radius 1 is 0.867 bits per heavy atom. The van der Waals surface area contributed by atoms with Gasteiger partial charge < -0.3 is 10.2 Å². The van der Waals surface area contributed by atoms with Gasteiger partial charge >= 0.3 is 0 Å². The van der Waals surface area contributed by atoms with Crippen molar-refractivity contribution in [1.82, 2.24) is 0 Å². The lowest BCUT2D eigenvalue weighted by atomic mass is 10.0. The molecule has 0 radical (unpaired) electrons. The Labute approximate surface area is 88.4 Å². The van der Waals surface area contributed by atoms with Crippen LogP contribution in [0.2, 0.25) is 0 Å². The van der Waals surface area contributed by atoms with Gasteiger partial charge in [0.1, 0.15) is 11.5 Å². The van der Waals surface area contributed by atoms with E-state index in [4.69, 9.17) is 0 Å². The molecule has 0 aliphatic carbocycles. The Morgan fingerprint density at radius 2 is 1.47 bits per heavy atom. The molecular weight excluding hydrogens is 188 g/mol. The van der Waals surface area contributed by atoms with Crippen LogP contribution < -0.4 is 0 Å². The van der Waals surface area contributed by atoms with Gasteiger partial charge in [0.05, 0.1) is 5.56 Å². The molecule has 2 aromatic rings. The largest absolute Gasteiger partial charge is 0.507 e. The van der Waals surface area contributed by atoms with E-state index >= 15 is 0 Å². The first-order chi connectivity index (χ1) is 7.18. The highest BCUT2D eigenvalue weighted by molar-refractivity contribution is 5.76. The molecule has 2 rings (SSSR count). The third-order valence-electron chi connectivity index (χ3n) is 2.33. The second kappa shape index (κ2) is 3.65. The fourth-order valence-electron chi connectivity index (χ4n) is 1.62. The predicted octanol–water partition coefficient (Wildman–Crippen LogP) is 3.07. The highest BCUT2D eigenvalue weighted by atomic mass is 16.3. The molecule has 0 heterocycles. The van der Waals surface area contributed by atoms with Gasteiger partial charge in [-0.2, -0.15) is 0 Å². The van der Waals surface area contributed by atoms with E-state index in [1.54, 1.807) is 18.2 Å². The summed E-state index contributed by atoms with van der Waals surface area (Å²) in [7, 11) is 0. The lowest BCUT2D eigenvalue weighted by molar-refractivity contribution is 0.454. The fourth-order valence-corrected chi connectivity index (χ4v) is 1.62. The van der Waals surface area contributed by atoms with Crippen LogP contribution in [-0.2, 0) is 0 Å². The minimum atomic E-state index is 0.0978. The van der Waals surface area contributed by atoms with Gasteiger partial charge in [0.25, 0.3) is 0 Å². The average Bonchev–Trinajstić information content (AvgIpc) is 2.17. The molecule has 2 nitrogen and oxygen atoms in total. The maximum Gasteiger partial charge on any atom is 0.127 e. The zero-order valence-electron chi connectivity index (χ0n) is 8.44. The smallest absolute Gasteiger partial charge is 0.127 e. The van der Waals surface area contributed by atoms with Crippen molar-refractivity contribution >= 4 is 0 Å². The fraction of sp³-hybridized carbons (Fsp3) is 0.0769. The van der Waals surface area contributed by atoms with Crippen molar-refractivity contribution in [2.75, 3.05) is 0 Å². The molecule has 0 spiro atoms. The SMILES string of the molecule is Cc1cccc(-c2c(O)cccc2O)c1. The molecule has 15 heavy (non-hydrogen) atoms. The molecule has 0 aromatic heterocycles. The maximum atomic E-state index is 9.68. The normalized spacial score (nSPS) is 10.2. The van der Waals surface area contributed by atoms with E-state index in [1.165, 1.54) is 0 Å². The summed E-state index contributed by atoms with van der Waals surface area (Å²) in [6.45, 7) is 1.97. The molecule has 0 saturated carbocycles. The van der Waals surface area contributed by atoms with Gasteiger partial charge in [-0.3, -0.25) is 0 Å². The van der Waals surface area contributed by atoms with Crippen LogP contribution in [0.5, 0.6) is 11.5 Å². The van der Waals surface area contributed by atoms with Crippen molar-refractivity contribution in [3.05, 3.63) is 48.0 Å². The summed E-state index contributed by atoms with van der Waals surface area (Å²) in [6, 6.07) is 12.4. The molecule has 76 valence electrons. The summed E-state index contributed by atoms with van der Waals surface area (Å²) in [5.41, 5.74) is 2.40. The molecule has 0 unspecified atom stereocenters. The second-order valence-electron chi connectivity index (χ2n) is 3.54. The summed E-state index contributed by atoms with van der Waals surface area (Å²) >= 11 is 0. The number of phenolic OH excluding ortho intramolecular Hbond substituents is 2. The van der Waals surface area contributed by atoms with E-state index in [0.717, 1.165) is 11.1 Å². The van der Waals surface area contributed by atoms with Gasteiger partial charge in [0.15, 0.2) is 0 Å². The van der Waals surface area contributed by atoms with E-state index in [0.29, 0.717) is 5.56 Å². The van der Waals surface area contributed by atoms with Gasteiger partial charge in [-0.25, -0.2) is 0 Å². The van der Waals surface area contributed by atoms with Crippen molar-refractivity contribution in [2.24, 2.45) is 0 Å². The molecule has 0 amide bonds. The standard InChI is InChI=1S/C13H12O2/c1-9-4-2-5-10(8-9)13-11(14)6-3-7-12(13)15/h2-8,14-15H,1H3. The summed E-state index contributed by atoms with van der Waals surface area (Å²) in [6.07, 6.45) is 0. The molecular formula is C13H12O2. The van der Waals surface area contributed by atoms with Crippen LogP contribution in [0, 0.1) is 6.92 Å². The average molecular weight is 200 g/mol. The van der Waals surface area contributed by atoms with Crippen LogP contribution in [0.15, 0.2) is 42.5 Å². The molecule has 0 aliphatic rings. The number of aryl methyl sites for hydroxylation is 1. The van der Waals surface area contributed by atoms with Gasteiger partial charge in [-0.15, -0.1) is 0 Å². The van der Waals surface area contributed by atoms with Crippen molar-refractivity contribution in [2.45, 2.75) is 6.92 Å². The molecule has 0 atom stereocenters. The predicted molar refractivity (Wildman–Crippen MR) is 59.9 cm³/mol. The van der Waals surface area contributed by atoms with Gasteiger partial charge in [0.2, 0.25) is 0 Å². The van der Waals surface area contributed by atoms with Gasteiger partial charge in [-0.1, -0.05) is 35.9 Å². The second-order valence-corrected chi connectivity index (χ2v) is 3.54. The first kappa shape index (κ1) is 9.59. The molecule has 2 heteroatoms. The van der Waals surface area contributed by atoms with Crippen molar-refractivity contribution < 1.29 is 10.2 Å². The first-order valence-corrected chi connectivity index (χ1v) is 4.76. The summed E-state index contributed by atoms with van der Waals surface area (Å²) in [5, 5.41) is 19.4. The van der Waals surface area contributed by atoms with E-state index in [1.807, 2.05) is 31.2 Å². The van der Waals surface area contributed by atoms with E-state index in [9.17, 15) is 10.2 Å². The quantitative estimate of drug-likeness (QED) is 0.742. The number of benzene rings is 2. The summed E-state index contributed by atoms with van der Waals surface area (Å²) in [5.74, 6) is 0.196. The van der Waals surface area contributed by atoms with Crippen LogP contribution in [0.3, 0.4) is 0 Å². The highest BCUT2D eigenvalue weighted by Crippen LogP contribution is 2.36. The monoisotopic (exact) mass is 200 g/mol. The lowest BCUT2D eigenvalue weighted by Gasteiger charge is -2.07. The molecule has 2 aromatic carbocycles. The first-order valence-electron chi connectivity index (χ1n) is 4.76. The lowest BCUT2D eigenvalue weighted by Crippen LogP contribution is -1.81. The van der Waals surface area contributed by atoms with E-state index in [-0.39, 0.29) is 11.5 Å². The number of hydrogen-bond donors (Lipinski definition) is 2. The minimum absolute atomic E-state index is 0.0978. The van der Waals surface area contributed by atoms with Crippen LogP contribution in [0.4, 0.5) is 0 Å². The van der Waals surface area contributed by atoms with Crippen molar-refractivity contribution in [3.63, 3.8) is 0 Å². The molecule has 0 bridgehead atoms. The summed E-state index contributed by atoms with van der Waals surface area (Å²) in [4.78, 5) is 0. The minimum Gasteiger partial charge on any atom is -0.507 e. The summed E-state index contributed by atoms with van der Waals surface area (Å²) < 4.78 is 0. The Kier molecular flexibility index (Phi) is 2.34. The number of phenols is 2. The Bertz CT molecular complexity index is 469. The zero-order chi connectivity index (χ0) is 10.8. The van der Waals surface area contributed by atoms with Crippen LogP contribution in [-0.4, -0.2) is 10.2 Å². The van der Waals surface area contributed by atoms with Crippen LogP contribution in [0.1, 0.15) is 5.56 Å². The van der Waals surface area contributed by atoms with E-state index < -0.39 is 0 Å². The van der Waals surface area contributed by atoms with Crippen LogP contribution in [0.25, 0.3) is 11.1 Å². The Balaban J connectivity index is 2.63. The number of aromatic hydroxyl groups is 2. The number of rotatable bonds is 1. The number of hydrogen-bond acceptors (Lipinski definition) is 2. The third kappa shape index (κ3) is 1.79. The molecule has 0 aliphatic heterocycles. The van der Waals surface area contributed by atoms with Crippen molar-refractivity contribution in [1.29, 1.82) is 0 Å². The highest BCUT2D eigenvalue weighted by Gasteiger charge is 2.08. The molecule has 0 fully saturated rings. The van der Waals surface area contributed by atoms with Gasteiger partial charge in [0, 0.05) is 0 Å². The van der Waals surface area contributed by atoms with E-state index in [2.05, 4.69) is 0 Å². The van der Waals surface area contributed by atoms with Crippen LogP contribution >= 0.6 is 0 Å². The Hall–Kier alpha value is -1.96. The zero-order valence-corrected chi connectivity index (χ0v) is 8.44. The topological polar surface area (TPSA) is 40.5 Å². The van der Waals surface area contributed by atoms with Crippen molar-refractivity contribution in [3.8, 4) is 22.6 Å². The Morgan fingerprint density at radius 3 is 2.07 bits per heavy atom. The third-order valence-corrected chi connectivity index (χ3v) is 2.33. The molecule has 2 N–H and O–H groups in total. The maximum absolute atomic E-state index is 9.68.